The number of benzene rings is 3. The van der Waals surface area contributed by atoms with Crippen LogP contribution in [-0.4, -0.2) is 37.8 Å². The van der Waals surface area contributed by atoms with E-state index in [1.807, 2.05) is 18.2 Å². The van der Waals surface area contributed by atoms with Crippen LogP contribution in [0.15, 0.2) is 36.4 Å². The molecule has 0 radical (unpaired) electrons. The van der Waals surface area contributed by atoms with Gasteiger partial charge in [-0.3, -0.25) is 0 Å². The molecule has 0 aliphatic carbocycles. The Labute approximate surface area is 139 Å². The maximum Gasteiger partial charge on any atom is 0.231 e. The topological polar surface area (TPSA) is 51.2 Å². The predicted octanol–water partition coefficient (Wildman–Crippen LogP) is 3.59. The van der Waals surface area contributed by atoms with Crippen molar-refractivity contribution in [3.8, 4) is 17.2 Å². The van der Waals surface area contributed by atoms with Gasteiger partial charge in [0.25, 0.3) is 0 Å². The molecule has 0 spiro atoms. The Kier molecular flexibility index (Phi) is 3.67. The lowest BCUT2D eigenvalue weighted by Gasteiger charge is -2.14. The van der Waals surface area contributed by atoms with Crippen molar-refractivity contribution in [1.29, 1.82) is 0 Å². The van der Waals surface area contributed by atoms with E-state index in [9.17, 15) is 5.21 Å². The van der Waals surface area contributed by atoms with E-state index >= 15 is 0 Å². The number of ether oxygens (including phenoxy) is 3. The standard InChI is InChI=1S/C19H19NO4/c1-20(21)8-7-13-10-17-19(24-11-23-17)18-15(13)5-3-12-9-14(22-2)4-6-16(12)18/h3-6,9-10,21H,7-8,11H2,1-2H3. The van der Waals surface area contributed by atoms with Gasteiger partial charge in [-0.15, -0.1) is 0 Å². The predicted molar refractivity (Wildman–Crippen MR) is 92.2 cm³/mol. The maximum atomic E-state index is 9.47. The summed E-state index contributed by atoms with van der Waals surface area (Å²) in [6, 6.07) is 12.2. The fourth-order valence-corrected chi connectivity index (χ4v) is 3.26. The maximum absolute atomic E-state index is 9.47. The fraction of sp³-hybridized carbons (Fsp3) is 0.263. The summed E-state index contributed by atoms with van der Waals surface area (Å²) in [7, 11) is 3.32. The van der Waals surface area contributed by atoms with Crippen molar-refractivity contribution in [3.63, 3.8) is 0 Å². The van der Waals surface area contributed by atoms with E-state index in [1.54, 1.807) is 14.2 Å². The molecule has 1 aliphatic rings. The summed E-state index contributed by atoms with van der Waals surface area (Å²) in [4.78, 5) is 0. The zero-order valence-corrected chi connectivity index (χ0v) is 13.7. The van der Waals surface area contributed by atoms with Gasteiger partial charge in [-0.25, -0.2) is 0 Å². The minimum atomic E-state index is 0.236. The Balaban J connectivity index is 1.99. The van der Waals surface area contributed by atoms with Gasteiger partial charge in [0.2, 0.25) is 6.79 Å². The Hall–Kier alpha value is -2.50. The molecule has 1 heterocycles. The lowest BCUT2D eigenvalue weighted by Crippen LogP contribution is -2.16. The van der Waals surface area contributed by atoms with E-state index in [-0.39, 0.29) is 6.79 Å². The van der Waals surface area contributed by atoms with Gasteiger partial charge >= 0.3 is 0 Å². The highest BCUT2D eigenvalue weighted by Crippen LogP contribution is 2.44. The highest BCUT2D eigenvalue weighted by atomic mass is 16.7. The van der Waals surface area contributed by atoms with E-state index in [0.29, 0.717) is 6.54 Å². The van der Waals surface area contributed by atoms with Crippen LogP contribution in [0.25, 0.3) is 21.5 Å². The summed E-state index contributed by atoms with van der Waals surface area (Å²) in [6.07, 6.45) is 0.724. The molecule has 3 aromatic rings. The van der Waals surface area contributed by atoms with Crippen LogP contribution >= 0.6 is 0 Å². The second kappa shape index (κ2) is 5.85. The van der Waals surface area contributed by atoms with E-state index in [0.717, 1.165) is 50.8 Å². The van der Waals surface area contributed by atoms with Crippen LogP contribution in [0.5, 0.6) is 17.2 Å². The van der Waals surface area contributed by atoms with Crippen LogP contribution in [0.1, 0.15) is 5.56 Å². The summed E-state index contributed by atoms with van der Waals surface area (Å²) in [5.41, 5.74) is 1.13. The molecule has 124 valence electrons. The van der Waals surface area contributed by atoms with Crippen molar-refractivity contribution in [3.05, 3.63) is 42.0 Å². The summed E-state index contributed by atoms with van der Waals surface area (Å²) in [5.74, 6) is 2.39. The van der Waals surface area contributed by atoms with Gasteiger partial charge in [0.15, 0.2) is 11.5 Å². The molecule has 3 aromatic carbocycles. The summed E-state index contributed by atoms with van der Waals surface area (Å²) < 4.78 is 16.7. The van der Waals surface area contributed by atoms with Crippen molar-refractivity contribution in [2.75, 3.05) is 27.5 Å². The molecule has 1 N–H and O–H groups in total. The molecule has 1 aliphatic heterocycles. The number of nitrogens with zero attached hydrogens (tertiary/aromatic N) is 1. The molecule has 0 aromatic heterocycles. The molecule has 0 saturated heterocycles. The third-order valence-corrected chi connectivity index (χ3v) is 4.45. The first-order chi connectivity index (χ1) is 11.7. The van der Waals surface area contributed by atoms with Crippen LogP contribution in [0.2, 0.25) is 0 Å². The molecule has 0 atom stereocenters. The zero-order valence-electron chi connectivity index (χ0n) is 13.7. The molecule has 4 rings (SSSR count). The van der Waals surface area contributed by atoms with Gasteiger partial charge < -0.3 is 19.4 Å². The normalized spacial score (nSPS) is 13.2. The highest BCUT2D eigenvalue weighted by molar-refractivity contribution is 6.13. The largest absolute Gasteiger partial charge is 0.497 e. The first-order valence-corrected chi connectivity index (χ1v) is 7.89. The number of likely N-dealkylation sites (N-methyl/N-ethyl adjacent to an activating group) is 1. The number of rotatable bonds is 4. The summed E-state index contributed by atoms with van der Waals surface area (Å²) in [5, 5.41) is 15.0. The van der Waals surface area contributed by atoms with Crippen LogP contribution < -0.4 is 14.2 Å². The van der Waals surface area contributed by atoms with Crippen molar-refractivity contribution < 1.29 is 19.4 Å². The minimum absolute atomic E-state index is 0.236. The summed E-state index contributed by atoms with van der Waals surface area (Å²) >= 11 is 0. The lowest BCUT2D eigenvalue weighted by atomic mass is 9.95. The quantitative estimate of drug-likeness (QED) is 0.587. The van der Waals surface area contributed by atoms with Crippen molar-refractivity contribution >= 4 is 21.5 Å². The van der Waals surface area contributed by atoms with Crippen LogP contribution in [0, 0.1) is 0 Å². The van der Waals surface area contributed by atoms with Gasteiger partial charge in [0, 0.05) is 19.0 Å². The van der Waals surface area contributed by atoms with Crippen LogP contribution in [0.4, 0.5) is 0 Å². The molecule has 0 bridgehead atoms. The Morgan fingerprint density at radius 2 is 1.96 bits per heavy atom. The first-order valence-electron chi connectivity index (χ1n) is 7.89. The van der Waals surface area contributed by atoms with Gasteiger partial charge in [0.1, 0.15) is 5.75 Å². The monoisotopic (exact) mass is 325 g/mol. The van der Waals surface area contributed by atoms with Crippen LogP contribution in [0.3, 0.4) is 0 Å². The first kappa shape index (κ1) is 15.1. The summed E-state index contributed by atoms with van der Waals surface area (Å²) in [6.45, 7) is 0.787. The SMILES string of the molecule is COc1ccc2c(ccc3c(CCN(C)O)cc4c(c32)OCO4)c1. The molecule has 0 saturated carbocycles. The Morgan fingerprint density at radius 3 is 2.75 bits per heavy atom. The average molecular weight is 325 g/mol. The number of methoxy groups -OCH3 is 1. The molecule has 5 nitrogen and oxygen atoms in total. The lowest BCUT2D eigenvalue weighted by molar-refractivity contribution is -0.0633. The van der Waals surface area contributed by atoms with Gasteiger partial charge in [-0.1, -0.05) is 12.1 Å². The second-order valence-electron chi connectivity index (χ2n) is 5.98. The van der Waals surface area contributed by atoms with Crippen molar-refractivity contribution in [2.45, 2.75) is 6.42 Å². The smallest absolute Gasteiger partial charge is 0.231 e. The van der Waals surface area contributed by atoms with E-state index in [2.05, 4.69) is 18.2 Å². The number of hydrogen-bond acceptors (Lipinski definition) is 5. The third-order valence-electron chi connectivity index (χ3n) is 4.45. The number of hydroxylamine groups is 2. The van der Waals surface area contributed by atoms with Crippen molar-refractivity contribution in [2.24, 2.45) is 0 Å². The number of hydrogen-bond donors (Lipinski definition) is 1. The van der Waals surface area contributed by atoms with E-state index in [4.69, 9.17) is 14.2 Å². The molecule has 0 amide bonds. The zero-order chi connectivity index (χ0) is 16.7. The second-order valence-corrected chi connectivity index (χ2v) is 5.98. The molecule has 24 heavy (non-hydrogen) atoms. The number of fused-ring (bicyclic) bond motifs is 5. The van der Waals surface area contributed by atoms with E-state index < -0.39 is 0 Å². The molecular weight excluding hydrogens is 306 g/mol. The Morgan fingerprint density at radius 1 is 1.12 bits per heavy atom. The fourth-order valence-electron chi connectivity index (χ4n) is 3.26. The molecule has 5 heteroatoms. The van der Waals surface area contributed by atoms with Gasteiger partial charge in [-0.2, -0.15) is 5.06 Å². The molecule has 0 fully saturated rings. The van der Waals surface area contributed by atoms with Crippen LogP contribution in [-0.2, 0) is 6.42 Å². The molecular formula is C19H19NO4. The van der Waals surface area contributed by atoms with Gasteiger partial charge in [-0.05, 0) is 52.4 Å². The molecule has 0 unspecified atom stereocenters. The van der Waals surface area contributed by atoms with Crippen molar-refractivity contribution in [1.82, 2.24) is 5.06 Å². The van der Waals surface area contributed by atoms with Gasteiger partial charge in [0.05, 0.1) is 7.11 Å². The third kappa shape index (κ3) is 2.42. The van der Waals surface area contributed by atoms with E-state index in [1.165, 1.54) is 5.06 Å². The Bertz CT molecular complexity index is 920. The average Bonchev–Trinajstić information content (AvgIpc) is 3.06. The minimum Gasteiger partial charge on any atom is -0.497 e. The highest BCUT2D eigenvalue weighted by Gasteiger charge is 2.21.